The molecular weight excluding hydrogens is 770 g/mol. The van der Waals surface area contributed by atoms with E-state index in [2.05, 4.69) is 0 Å². The van der Waals surface area contributed by atoms with E-state index in [1.165, 1.54) is 0 Å². The molecule has 0 heterocycles. The van der Waals surface area contributed by atoms with Gasteiger partial charge in [0.15, 0.2) is 0 Å². The molecule has 22 heteroatoms. The van der Waals surface area contributed by atoms with Crippen molar-refractivity contribution in [2.24, 2.45) is 0 Å². The number of hydrogen-bond donors (Lipinski definition) is 4. The Hall–Kier alpha value is -5.18. The molecule has 0 fully saturated rings. The molecule has 0 saturated carbocycles. The Labute approximate surface area is 284 Å². The first-order valence-corrected chi connectivity index (χ1v) is 13.9. The molecule has 53 heavy (non-hydrogen) atoms. The summed E-state index contributed by atoms with van der Waals surface area (Å²) in [4.78, 5) is 0. The number of nitrogens with two attached hydrogens (primary N) is 2. The molecule has 0 saturated heterocycles. The van der Waals surface area contributed by atoms with Gasteiger partial charge in [-0.25, -0.2) is 0 Å². The van der Waals surface area contributed by atoms with E-state index in [-0.39, 0.29) is 60.7 Å². The molecular formula is C31H18F18N4. The van der Waals surface area contributed by atoms with Crippen LogP contribution < -0.4 is 22.1 Å². The van der Waals surface area contributed by atoms with Gasteiger partial charge in [0.25, 0.3) is 0 Å². The van der Waals surface area contributed by atoms with Crippen LogP contribution >= 0.6 is 0 Å². The minimum atomic E-state index is -6.32. The standard InChI is InChI=1S/C31H18F18N4/c32-26(33,34)15-5-16(27(35,36)37)8-19(7-15)52-23-3-1-13(11-21(23)50)25(30(44,45)46,31(47,48)49)14-2-4-24(22(51)12-14)53-20-9-17(28(38,39)40)6-18(10-20)29(41,42)43/h1-12,52-53H,50-51H2. The highest BCUT2D eigenvalue weighted by atomic mass is 19.4. The number of benzene rings is 4. The highest BCUT2D eigenvalue weighted by molar-refractivity contribution is 5.77. The zero-order valence-electron chi connectivity index (χ0n) is 25.4. The molecule has 0 radical (unpaired) electrons. The summed E-state index contributed by atoms with van der Waals surface area (Å²) in [5.74, 6) is 0. The van der Waals surface area contributed by atoms with Crippen LogP contribution in [0.4, 0.5) is 113 Å². The van der Waals surface area contributed by atoms with Crippen LogP contribution in [0.3, 0.4) is 0 Å². The summed E-state index contributed by atoms with van der Waals surface area (Å²) in [7, 11) is 0. The molecule has 0 aliphatic carbocycles. The van der Waals surface area contributed by atoms with Crippen LogP contribution in [0.2, 0.25) is 0 Å². The molecule has 4 aromatic carbocycles. The van der Waals surface area contributed by atoms with Gasteiger partial charge in [0, 0.05) is 11.4 Å². The molecule has 4 nitrogen and oxygen atoms in total. The van der Waals surface area contributed by atoms with E-state index in [1.807, 2.05) is 10.6 Å². The van der Waals surface area contributed by atoms with E-state index in [4.69, 9.17) is 11.5 Å². The van der Waals surface area contributed by atoms with Gasteiger partial charge in [-0.1, -0.05) is 12.1 Å². The van der Waals surface area contributed by atoms with Crippen LogP contribution in [0.1, 0.15) is 33.4 Å². The minimum Gasteiger partial charge on any atom is -0.397 e. The molecule has 0 aliphatic heterocycles. The summed E-state index contributed by atoms with van der Waals surface area (Å²) < 4.78 is 248. The Kier molecular flexibility index (Phi) is 9.99. The summed E-state index contributed by atoms with van der Waals surface area (Å²) >= 11 is 0. The normalized spacial score (nSPS) is 13.6. The highest BCUT2D eigenvalue weighted by Crippen LogP contribution is 2.57. The number of rotatable bonds is 6. The lowest BCUT2D eigenvalue weighted by Crippen LogP contribution is -2.54. The lowest BCUT2D eigenvalue weighted by atomic mass is 9.72. The smallest absolute Gasteiger partial charge is 0.397 e. The van der Waals surface area contributed by atoms with E-state index in [9.17, 15) is 79.0 Å². The molecule has 0 spiro atoms. The number of hydrogen-bond acceptors (Lipinski definition) is 4. The molecule has 0 aliphatic rings. The van der Waals surface area contributed by atoms with Crippen molar-refractivity contribution in [1.29, 1.82) is 0 Å². The van der Waals surface area contributed by atoms with Crippen molar-refractivity contribution in [2.75, 3.05) is 22.1 Å². The Bertz CT molecular complexity index is 1780. The van der Waals surface area contributed by atoms with E-state index in [0.29, 0.717) is 12.1 Å². The van der Waals surface area contributed by atoms with Crippen molar-refractivity contribution in [3.8, 4) is 0 Å². The van der Waals surface area contributed by atoms with Crippen molar-refractivity contribution in [3.05, 3.63) is 106 Å². The predicted octanol–water partition coefficient (Wildman–Crippen LogP) is 11.8. The van der Waals surface area contributed by atoms with Gasteiger partial charge in [-0.3, -0.25) is 0 Å². The topological polar surface area (TPSA) is 76.1 Å². The van der Waals surface area contributed by atoms with E-state index in [1.54, 1.807) is 0 Å². The average molecular weight is 788 g/mol. The number of halogens is 18. The zero-order chi connectivity index (χ0) is 40.3. The third-order valence-electron chi connectivity index (χ3n) is 7.55. The summed E-state index contributed by atoms with van der Waals surface area (Å²) in [6.07, 6.45) is -33.9. The fraction of sp³-hybridized carbons (Fsp3) is 0.226. The fourth-order valence-electron chi connectivity index (χ4n) is 5.17. The maximum Gasteiger partial charge on any atom is 0.416 e. The summed E-state index contributed by atoms with van der Waals surface area (Å²) in [6, 6.07) is 1.51. The minimum absolute atomic E-state index is 0.0885. The molecule has 0 bridgehead atoms. The predicted molar refractivity (Wildman–Crippen MR) is 154 cm³/mol. The largest absolute Gasteiger partial charge is 0.416 e. The first kappa shape index (κ1) is 40.6. The maximum absolute atomic E-state index is 14.8. The fourth-order valence-corrected chi connectivity index (χ4v) is 5.17. The highest BCUT2D eigenvalue weighted by Gasteiger charge is 2.72. The quantitative estimate of drug-likeness (QED) is 0.116. The third kappa shape index (κ3) is 8.24. The summed E-state index contributed by atoms with van der Waals surface area (Å²) in [5, 5.41) is 4.01. The molecule has 6 N–H and O–H groups in total. The van der Waals surface area contributed by atoms with Gasteiger partial charge in [-0.2, -0.15) is 79.0 Å². The van der Waals surface area contributed by atoms with Crippen LogP contribution in [0.15, 0.2) is 72.8 Å². The van der Waals surface area contributed by atoms with Crippen LogP contribution in [0.5, 0.6) is 0 Å². The van der Waals surface area contributed by atoms with Gasteiger partial charge in [0.1, 0.15) is 0 Å². The number of nitrogen functional groups attached to an aromatic ring is 2. The average Bonchev–Trinajstić information content (AvgIpc) is 2.96. The lowest BCUT2D eigenvalue weighted by Gasteiger charge is -2.38. The number of alkyl halides is 18. The van der Waals surface area contributed by atoms with E-state index in [0.717, 1.165) is 0 Å². The van der Waals surface area contributed by atoms with Crippen molar-refractivity contribution < 1.29 is 79.0 Å². The van der Waals surface area contributed by atoms with Gasteiger partial charge >= 0.3 is 37.1 Å². The molecule has 4 aromatic rings. The second kappa shape index (κ2) is 13.0. The zero-order valence-corrected chi connectivity index (χ0v) is 25.4. The first-order valence-electron chi connectivity index (χ1n) is 13.9. The van der Waals surface area contributed by atoms with Gasteiger partial charge < -0.3 is 22.1 Å². The molecule has 0 atom stereocenters. The molecule has 4 rings (SSSR count). The number of nitrogens with one attached hydrogen (secondary N) is 2. The number of anilines is 6. The van der Waals surface area contributed by atoms with Crippen molar-refractivity contribution in [1.82, 2.24) is 0 Å². The van der Waals surface area contributed by atoms with Gasteiger partial charge in [0.2, 0.25) is 5.41 Å². The van der Waals surface area contributed by atoms with Crippen LogP contribution in [0.25, 0.3) is 0 Å². The second-order valence-electron chi connectivity index (χ2n) is 11.2. The molecule has 0 amide bonds. The monoisotopic (exact) mass is 788 g/mol. The summed E-state index contributed by atoms with van der Waals surface area (Å²) in [6.45, 7) is 0. The Morgan fingerprint density at radius 1 is 0.340 bits per heavy atom. The van der Waals surface area contributed by atoms with Gasteiger partial charge in [0.05, 0.1) is 45.0 Å². The van der Waals surface area contributed by atoms with E-state index >= 15 is 0 Å². The van der Waals surface area contributed by atoms with E-state index < -0.39 is 110 Å². The molecule has 0 aromatic heterocycles. The Morgan fingerprint density at radius 2 is 0.604 bits per heavy atom. The van der Waals surface area contributed by atoms with Gasteiger partial charge in [-0.15, -0.1) is 0 Å². The van der Waals surface area contributed by atoms with Crippen LogP contribution in [0, 0.1) is 0 Å². The van der Waals surface area contributed by atoms with Crippen LogP contribution in [-0.2, 0) is 30.1 Å². The lowest BCUT2D eigenvalue weighted by molar-refractivity contribution is -0.288. The Balaban J connectivity index is 1.83. The first-order chi connectivity index (χ1) is 23.9. The van der Waals surface area contributed by atoms with Crippen molar-refractivity contribution >= 4 is 34.1 Å². The third-order valence-corrected chi connectivity index (χ3v) is 7.55. The van der Waals surface area contributed by atoms with Crippen molar-refractivity contribution in [3.63, 3.8) is 0 Å². The second-order valence-corrected chi connectivity index (χ2v) is 11.2. The molecule has 0 unspecified atom stereocenters. The molecule has 288 valence electrons. The van der Waals surface area contributed by atoms with Crippen LogP contribution in [-0.4, -0.2) is 12.4 Å². The Morgan fingerprint density at radius 3 is 0.811 bits per heavy atom. The summed E-state index contributed by atoms with van der Waals surface area (Å²) in [5.41, 5.74) is -9.75. The van der Waals surface area contributed by atoms with Crippen molar-refractivity contribution in [2.45, 2.75) is 42.5 Å². The SMILES string of the molecule is Nc1cc(C(c2ccc(Nc3cc(C(F)(F)F)cc(C(F)(F)F)c3)c(N)c2)(C(F)(F)F)C(F)(F)F)ccc1Nc1cc(C(F)(F)F)cc(C(F)(F)F)c1. The van der Waals surface area contributed by atoms with Gasteiger partial charge in [-0.05, 0) is 71.8 Å². The maximum atomic E-state index is 14.8.